The molecule has 7 heteroatoms. The predicted octanol–water partition coefficient (Wildman–Crippen LogP) is 2.71. The fourth-order valence-corrected chi connectivity index (χ4v) is 9.93. The molecule has 208 valence electrons. The molecule has 5 rings (SSSR count). The number of hydrogen-bond acceptors (Lipinski definition) is 7. The molecule has 0 bridgehead atoms. The molecule has 3 heterocycles. The number of nitrogens with two attached hydrogens (primary N) is 3. The molecular weight excluding hydrogens is 464 g/mol. The van der Waals surface area contributed by atoms with Crippen molar-refractivity contribution in [1.29, 1.82) is 0 Å². The number of rotatable bonds is 7. The van der Waals surface area contributed by atoms with Gasteiger partial charge in [0.1, 0.15) is 0 Å². The fourth-order valence-electron chi connectivity index (χ4n) is 8.69. The zero-order chi connectivity index (χ0) is 26.0. The molecule has 2 aliphatic carbocycles. The molecule has 3 saturated heterocycles. The maximum Gasteiger partial charge on any atom is 0.0529 e. The highest BCUT2D eigenvalue weighted by molar-refractivity contribution is 7.99. The van der Waals surface area contributed by atoms with Crippen molar-refractivity contribution in [2.24, 2.45) is 58.6 Å². The highest BCUT2D eigenvalue weighted by atomic mass is 32.2. The van der Waals surface area contributed by atoms with Crippen molar-refractivity contribution >= 4 is 11.8 Å². The van der Waals surface area contributed by atoms with Gasteiger partial charge in [0.2, 0.25) is 0 Å². The van der Waals surface area contributed by atoms with Gasteiger partial charge >= 0.3 is 0 Å². The van der Waals surface area contributed by atoms with Crippen LogP contribution in [0.25, 0.3) is 0 Å². The second-order valence-corrected chi connectivity index (χ2v) is 16.1. The van der Waals surface area contributed by atoms with E-state index in [4.69, 9.17) is 17.2 Å². The first-order valence-corrected chi connectivity index (χ1v) is 16.0. The average Bonchev–Trinajstić information content (AvgIpc) is 3.51. The molecule has 0 aromatic heterocycles. The summed E-state index contributed by atoms with van der Waals surface area (Å²) in [7, 11) is 0. The van der Waals surface area contributed by atoms with E-state index in [1.54, 1.807) is 0 Å². The number of likely N-dealkylation sites (tertiary alicyclic amines) is 3. The van der Waals surface area contributed by atoms with Gasteiger partial charge < -0.3 is 17.2 Å². The van der Waals surface area contributed by atoms with E-state index in [1.165, 1.54) is 44.8 Å². The summed E-state index contributed by atoms with van der Waals surface area (Å²) in [5, 5.41) is 0.528. The van der Waals surface area contributed by atoms with E-state index < -0.39 is 0 Å². The maximum absolute atomic E-state index is 6.85. The Morgan fingerprint density at radius 2 is 1.53 bits per heavy atom. The van der Waals surface area contributed by atoms with Gasteiger partial charge in [-0.1, -0.05) is 0 Å². The molecule has 5 fully saturated rings. The molecule has 5 aliphatic rings. The SMILES string of the molecule is CC(SCC(C)(C)N1CC2CCC(CN)C2C1)N1CCC(N)C(C2C3CN(C(C)(C)C)CC3[C@H]2N)C1. The van der Waals surface area contributed by atoms with Crippen LogP contribution in [0.4, 0.5) is 0 Å². The van der Waals surface area contributed by atoms with Gasteiger partial charge in [0.05, 0.1) is 5.37 Å². The van der Waals surface area contributed by atoms with Crippen LogP contribution in [0.3, 0.4) is 0 Å². The topological polar surface area (TPSA) is 87.8 Å². The van der Waals surface area contributed by atoms with E-state index in [9.17, 15) is 0 Å². The first-order valence-electron chi connectivity index (χ1n) is 15.0. The molecular formula is C29H56N6S. The van der Waals surface area contributed by atoms with Crippen molar-refractivity contribution in [2.45, 2.75) is 89.3 Å². The Kier molecular flexibility index (Phi) is 7.88. The number of hydrogen-bond donors (Lipinski definition) is 3. The molecule has 6 N–H and O–H groups in total. The molecule has 0 spiro atoms. The molecule has 3 aliphatic heterocycles. The summed E-state index contributed by atoms with van der Waals surface area (Å²) in [5.74, 6) is 6.19. The smallest absolute Gasteiger partial charge is 0.0529 e. The lowest BCUT2D eigenvalue weighted by atomic mass is 9.56. The monoisotopic (exact) mass is 520 g/mol. The Hall–Kier alpha value is 0.110. The van der Waals surface area contributed by atoms with Gasteiger partial charge in [-0.05, 0) is 109 Å². The third kappa shape index (κ3) is 5.04. The molecule has 6 nitrogen and oxygen atoms in total. The standard InChI is InChI=1S/C29H56N6S/c1-18(36-17-29(5,6)35-12-20-8-7-19(11-30)21(20)14-35)33-10-9-25(31)24(13-33)26-22-15-34(28(2,3)4)16-23(22)27(26)32/h18-27H,7-17,30-32H2,1-6H3/t18?,19?,20?,21?,22?,23?,24?,25?,26?,27-/m1/s1. The predicted molar refractivity (Wildman–Crippen MR) is 154 cm³/mol. The minimum Gasteiger partial charge on any atom is -0.330 e. The lowest BCUT2D eigenvalue weighted by Crippen LogP contribution is -2.64. The van der Waals surface area contributed by atoms with Crippen LogP contribution in [0.1, 0.15) is 60.8 Å². The molecule has 9 unspecified atom stereocenters. The molecule has 0 aromatic carbocycles. The average molecular weight is 521 g/mol. The lowest BCUT2D eigenvalue weighted by molar-refractivity contribution is -0.0147. The van der Waals surface area contributed by atoms with E-state index in [0.29, 0.717) is 35.2 Å². The van der Waals surface area contributed by atoms with Crippen molar-refractivity contribution in [3.63, 3.8) is 0 Å². The lowest BCUT2D eigenvalue weighted by Gasteiger charge is -2.54. The summed E-state index contributed by atoms with van der Waals surface area (Å²) in [6, 6.07) is 0.627. The Morgan fingerprint density at radius 3 is 2.22 bits per heavy atom. The molecule has 0 amide bonds. The molecule has 0 aromatic rings. The van der Waals surface area contributed by atoms with E-state index in [0.717, 1.165) is 49.7 Å². The Balaban J connectivity index is 1.15. The largest absolute Gasteiger partial charge is 0.330 e. The van der Waals surface area contributed by atoms with E-state index in [-0.39, 0.29) is 11.1 Å². The number of fused-ring (bicyclic) bond motifs is 2. The van der Waals surface area contributed by atoms with Crippen molar-refractivity contribution in [3.8, 4) is 0 Å². The Labute approximate surface area is 225 Å². The van der Waals surface area contributed by atoms with Gasteiger partial charge in [-0.2, -0.15) is 0 Å². The van der Waals surface area contributed by atoms with Crippen LogP contribution < -0.4 is 17.2 Å². The van der Waals surface area contributed by atoms with Crippen LogP contribution in [0.2, 0.25) is 0 Å². The van der Waals surface area contributed by atoms with Crippen LogP contribution >= 0.6 is 11.8 Å². The van der Waals surface area contributed by atoms with E-state index in [2.05, 4.69) is 68.0 Å². The van der Waals surface area contributed by atoms with Crippen molar-refractivity contribution in [3.05, 3.63) is 0 Å². The van der Waals surface area contributed by atoms with Gasteiger partial charge in [-0.15, -0.1) is 11.8 Å². The van der Waals surface area contributed by atoms with Gasteiger partial charge in [0.15, 0.2) is 0 Å². The molecule has 10 atom stereocenters. The summed E-state index contributed by atoms with van der Waals surface area (Å²) in [6.45, 7) is 22.4. The van der Waals surface area contributed by atoms with Gasteiger partial charge in [0, 0.05) is 68.2 Å². The molecule has 2 saturated carbocycles. The van der Waals surface area contributed by atoms with Crippen LogP contribution in [0.15, 0.2) is 0 Å². The summed E-state index contributed by atoms with van der Waals surface area (Å²) in [4.78, 5) is 8.18. The van der Waals surface area contributed by atoms with Crippen LogP contribution in [0.5, 0.6) is 0 Å². The minimum atomic E-state index is 0.234. The van der Waals surface area contributed by atoms with Crippen LogP contribution in [0, 0.1) is 41.4 Å². The summed E-state index contributed by atoms with van der Waals surface area (Å²) < 4.78 is 0. The molecule has 0 radical (unpaired) electrons. The zero-order valence-electron chi connectivity index (χ0n) is 24.0. The fraction of sp³-hybridized carbons (Fsp3) is 1.00. The van der Waals surface area contributed by atoms with Crippen molar-refractivity contribution in [1.82, 2.24) is 14.7 Å². The van der Waals surface area contributed by atoms with Crippen molar-refractivity contribution < 1.29 is 0 Å². The van der Waals surface area contributed by atoms with Crippen LogP contribution in [-0.2, 0) is 0 Å². The third-order valence-electron chi connectivity index (χ3n) is 11.4. The Morgan fingerprint density at radius 1 is 0.833 bits per heavy atom. The number of piperidine rings is 1. The van der Waals surface area contributed by atoms with E-state index >= 15 is 0 Å². The summed E-state index contributed by atoms with van der Waals surface area (Å²) in [5.41, 5.74) is 20.2. The third-order valence-corrected chi connectivity index (χ3v) is 13.0. The zero-order valence-corrected chi connectivity index (χ0v) is 24.9. The number of nitrogens with zero attached hydrogens (tertiary/aromatic N) is 3. The molecule has 36 heavy (non-hydrogen) atoms. The quantitative estimate of drug-likeness (QED) is 0.476. The maximum atomic E-state index is 6.85. The highest BCUT2D eigenvalue weighted by Gasteiger charge is 2.58. The normalized spacial score (nSPS) is 43.4. The first-order chi connectivity index (χ1) is 16.9. The van der Waals surface area contributed by atoms with Gasteiger partial charge in [-0.3, -0.25) is 14.7 Å². The highest BCUT2D eigenvalue weighted by Crippen LogP contribution is 2.51. The number of thioether (sulfide) groups is 1. The van der Waals surface area contributed by atoms with Gasteiger partial charge in [-0.25, -0.2) is 0 Å². The first kappa shape index (κ1) is 27.7. The Bertz CT molecular complexity index is 769. The second-order valence-electron chi connectivity index (χ2n) is 14.8. The van der Waals surface area contributed by atoms with Crippen molar-refractivity contribution in [2.75, 3.05) is 51.6 Å². The van der Waals surface area contributed by atoms with Crippen LogP contribution in [-0.4, -0.2) is 94.8 Å². The summed E-state index contributed by atoms with van der Waals surface area (Å²) in [6.07, 6.45) is 3.85. The second kappa shape index (κ2) is 10.3. The van der Waals surface area contributed by atoms with Gasteiger partial charge in [0.25, 0.3) is 0 Å². The summed E-state index contributed by atoms with van der Waals surface area (Å²) >= 11 is 2.16. The minimum absolute atomic E-state index is 0.234. The van der Waals surface area contributed by atoms with E-state index in [1.807, 2.05) is 0 Å².